The lowest BCUT2D eigenvalue weighted by Gasteiger charge is -2.03. The predicted molar refractivity (Wildman–Crippen MR) is 58.6 cm³/mol. The van der Waals surface area contributed by atoms with E-state index in [-0.39, 0.29) is 0 Å². The fourth-order valence-corrected chi connectivity index (χ4v) is 1.34. The van der Waals surface area contributed by atoms with Crippen LogP contribution in [0.5, 0.6) is 11.6 Å². The molecule has 0 saturated heterocycles. The Morgan fingerprint density at radius 1 is 1.13 bits per heavy atom. The molecule has 0 spiro atoms. The van der Waals surface area contributed by atoms with E-state index in [1.54, 1.807) is 30.5 Å². The molecular weight excluding hydrogens is 235 g/mol. The second-order valence-electron chi connectivity index (χ2n) is 2.74. The normalized spacial score (nSPS) is 10.0. The lowest BCUT2D eigenvalue weighted by molar-refractivity contribution is 0.461. The van der Waals surface area contributed by atoms with Gasteiger partial charge in [0.05, 0.1) is 11.2 Å². The fraction of sp³-hybridized carbons (Fsp3) is 0. The van der Waals surface area contributed by atoms with Crippen LogP contribution in [0.4, 0.5) is 0 Å². The third kappa shape index (κ3) is 2.81. The number of pyridine rings is 2. The molecular formula is C10H6Cl2N2O. The minimum Gasteiger partial charge on any atom is -0.437 e. The number of hydrogen-bond acceptors (Lipinski definition) is 3. The van der Waals surface area contributed by atoms with Crippen LogP contribution < -0.4 is 4.74 Å². The summed E-state index contributed by atoms with van der Waals surface area (Å²) in [4.78, 5) is 7.86. The summed E-state index contributed by atoms with van der Waals surface area (Å²) < 4.78 is 5.40. The smallest absolute Gasteiger partial charge is 0.220 e. The summed E-state index contributed by atoms with van der Waals surface area (Å²) in [5.74, 6) is 0.934. The first-order valence-electron chi connectivity index (χ1n) is 4.15. The Morgan fingerprint density at radius 3 is 2.73 bits per heavy atom. The van der Waals surface area contributed by atoms with E-state index in [1.807, 2.05) is 0 Å². The van der Waals surface area contributed by atoms with Gasteiger partial charge >= 0.3 is 0 Å². The number of halogens is 2. The van der Waals surface area contributed by atoms with Gasteiger partial charge < -0.3 is 4.74 Å². The number of rotatable bonds is 2. The molecule has 0 bridgehead atoms. The van der Waals surface area contributed by atoms with Gasteiger partial charge in [0.1, 0.15) is 10.9 Å². The van der Waals surface area contributed by atoms with Crippen molar-refractivity contribution >= 4 is 23.2 Å². The molecule has 0 atom stereocenters. The van der Waals surface area contributed by atoms with E-state index >= 15 is 0 Å². The van der Waals surface area contributed by atoms with Crippen LogP contribution in [0.3, 0.4) is 0 Å². The summed E-state index contributed by atoms with van der Waals surface area (Å²) in [6.07, 6.45) is 3.08. The Balaban J connectivity index is 2.22. The third-order valence-corrected chi connectivity index (χ3v) is 2.01. The van der Waals surface area contributed by atoms with Crippen LogP contribution >= 0.6 is 23.2 Å². The molecule has 0 aliphatic carbocycles. The third-order valence-electron chi connectivity index (χ3n) is 1.59. The van der Waals surface area contributed by atoms with Crippen molar-refractivity contribution in [3.05, 3.63) is 46.8 Å². The molecule has 0 fully saturated rings. The second-order valence-corrected chi connectivity index (χ2v) is 3.56. The lowest BCUT2D eigenvalue weighted by Crippen LogP contribution is -1.88. The van der Waals surface area contributed by atoms with E-state index in [2.05, 4.69) is 9.97 Å². The maximum atomic E-state index is 5.75. The van der Waals surface area contributed by atoms with Gasteiger partial charge in [-0.25, -0.2) is 4.98 Å². The highest BCUT2D eigenvalue weighted by Crippen LogP contribution is 2.22. The van der Waals surface area contributed by atoms with Crippen LogP contribution in [-0.2, 0) is 0 Å². The molecule has 0 aromatic carbocycles. The molecule has 0 aliphatic rings. The number of aromatic nitrogens is 2. The van der Waals surface area contributed by atoms with Gasteiger partial charge in [0.2, 0.25) is 5.88 Å². The summed E-state index contributed by atoms with van der Waals surface area (Å²) in [5.41, 5.74) is 0. The molecule has 0 aliphatic heterocycles. The number of hydrogen-bond donors (Lipinski definition) is 0. The van der Waals surface area contributed by atoms with Gasteiger partial charge in [0, 0.05) is 18.3 Å². The van der Waals surface area contributed by atoms with Gasteiger partial charge in [0.25, 0.3) is 0 Å². The highest BCUT2D eigenvalue weighted by molar-refractivity contribution is 6.30. The quantitative estimate of drug-likeness (QED) is 0.753. The molecule has 2 aromatic rings. The molecule has 0 radical (unpaired) electrons. The fourth-order valence-electron chi connectivity index (χ4n) is 1.02. The second kappa shape index (κ2) is 4.47. The summed E-state index contributed by atoms with van der Waals surface area (Å²) in [6, 6.07) is 6.78. The van der Waals surface area contributed by atoms with Gasteiger partial charge in [0.15, 0.2) is 0 Å². The molecule has 0 saturated carbocycles. The summed E-state index contributed by atoms with van der Waals surface area (Å²) in [7, 11) is 0. The average molecular weight is 241 g/mol. The van der Waals surface area contributed by atoms with Crippen LogP contribution in [0.25, 0.3) is 0 Å². The Labute approximate surface area is 96.6 Å². The summed E-state index contributed by atoms with van der Waals surface area (Å²) >= 11 is 11.5. The highest BCUT2D eigenvalue weighted by atomic mass is 35.5. The van der Waals surface area contributed by atoms with Gasteiger partial charge in [-0.1, -0.05) is 29.3 Å². The first-order valence-corrected chi connectivity index (χ1v) is 4.90. The molecule has 15 heavy (non-hydrogen) atoms. The topological polar surface area (TPSA) is 35.0 Å². The van der Waals surface area contributed by atoms with Gasteiger partial charge in [-0.15, -0.1) is 0 Å². The molecule has 2 aromatic heterocycles. The van der Waals surface area contributed by atoms with E-state index in [0.717, 1.165) is 0 Å². The standard InChI is InChI=1S/C10H6Cl2N2O/c11-7-4-8(6-13-5-7)15-10-3-1-2-9(12)14-10/h1-6H. The van der Waals surface area contributed by atoms with E-state index < -0.39 is 0 Å². The van der Waals surface area contributed by atoms with Crippen molar-refractivity contribution in [1.29, 1.82) is 0 Å². The van der Waals surface area contributed by atoms with Crippen molar-refractivity contribution in [3.8, 4) is 11.6 Å². The van der Waals surface area contributed by atoms with E-state index in [0.29, 0.717) is 21.8 Å². The summed E-state index contributed by atoms with van der Waals surface area (Å²) in [5, 5.41) is 0.886. The molecule has 0 unspecified atom stereocenters. The number of nitrogens with zero attached hydrogens (tertiary/aromatic N) is 2. The average Bonchev–Trinajstić information content (AvgIpc) is 2.17. The van der Waals surface area contributed by atoms with Crippen molar-refractivity contribution in [2.75, 3.05) is 0 Å². The highest BCUT2D eigenvalue weighted by Gasteiger charge is 2.00. The zero-order chi connectivity index (χ0) is 10.7. The van der Waals surface area contributed by atoms with Crippen molar-refractivity contribution in [2.45, 2.75) is 0 Å². The lowest BCUT2D eigenvalue weighted by atomic mass is 10.4. The molecule has 2 rings (SSSR count). The number of ether oxygens (including phenoxy) is 1. The monoisotopic (exact) mass is 240 g/mol. The first kappa shape index (κ1) is 10.2. The minimum atomic E-state index is 0.377. The SMILES string of the molecule is Clc1cncc(Oc2cccc(Cl)n2)c1. The van der Waals surface area contributed by atoms with Crippen LogP contribution in [0.1, 0.15) is 0 Å². The van der Waals surface area contributed by atoms with Crippen LogP contribution in [0.2, 0.25) is 10.2 Å². The minimum absolute atomic E-state index is 0.377. The van der Waals surface area contributed by atoms with E-state index in [1.165, 1.54) is 6.20 Å². The Hall–Kier alpha value is -1.32. The molecule has 3 nitrogen and oxygen atoms in total. The predicted octanol–water partition coefficient (Wildman–Crippen LogP) is 3.58. The Bertz CT molecular complexity index is 433. The molecule has 2 heterocycles. The van der Waals surface area contributed by atoms with Crippen molar-refractivity contribution in [3.63, 3.8) is 0 Å². The largest absolute Gasteiger partial charge is 0.437 e. The van der Waals surface area contributed by atoms with Crippen molar-refractivity contribution in [2.24, 2.45) is 0 Å². The van der Waals surface area contributed by atoms with Gasteiger partial charge in [-0.2, -0.15) is 0 Å². The zero-order valence-electron chi connectivity index (χ0n) is 7.52. The van der Waals surface area contributed by atoms with E-state index in [4.69, 9.17) is 27.9 Å². The zero-order valence-corrected chi connectivity index (χ0v) is 9.03. The molecule has 76 valence electrons. The molecule has 0 amide bonds. The maximum Gasteiger partial charge on any atom is 0.220 e. The molecule has 0 N–H and O–H groups in total. The van der Waals surface area contributed by atoms with Crippen LogP contribution in [-0.4, -0.2) is 9.97 Å². The first-order chi connectivity index (χ1) is 7.24. The van der Waals surface area contributed by atoms with Crippen molar-refractivity contribution < 1.29 is 4.74 Å². The maximum absolute atomic E-state index is 5.75. The van der Waals surface area contributed by atoms with Crippen LogP contribution in [0, 0.1) is 0 Å². The summed E-state index contributed by atoms with van der Waals surface area (Å²) in [6.45, 7) is 0. The Morgan fingerprint density at radius 2 is 2.00 bits per heavy atom. The van der Waals surface area contributed by atoms with E-state index in [9.17, 15) is 0 Å². The molecule has 5 heteroatoms. The van der Waals surface area contributed by atoms with Crippen molar-refractivity contribution in [1.82, 2.24) is 9.97 Å². The Kier molecular flexibility index (Phi) is 3.04. The van der Waals surface area contributed by atoms with Gasteiger partial charge in [-0.3, -0.25) is 4.98 Å². The van der Waals surface area contributed by atoms with Gasteiger partial charge in [-0.05, 0) is 6.07 Å². The van der Waals surface area contributed by atoms with Crippen LogP contribution in [0.15, 0.2) is 36.7 Å².